The zero-order valence-corrected chi connectivity index (χ0v) is 18.7. The molecule has 3 atom stereocenters. The summed E-state index contributed by atoms with van der Waals surface area (Å²) in [4.78, 5) is 0. The van der Waals surface area contributed by atoms with Gasteiger partial charge in [-0.05, 0) is 67.6 Å². The van der Waals surface area contributed by atoms with E-state index >= 15 is 0 Å². The Kier molecular flexibility index (Phi) is 13.2. The largest absolute Gasteiger partial charge is 0.102 e. The van der Waals surface area contributed by atoms with Crippen LogP contribution in [0.15, 0.2) is 59.8 Å². The van der Waals surface area contributed by atoms with Crippen LogP contribution in [0.4, 0.5) is 0 Å². The van der Waals surface area contributed by atoms with E-state index in [2.05, 4.69) is 85.9 Å². The van der Waals surface area contributed by atoms with Gasteiger partial charge in [0.15, 0.2) is 0 Å². The number of hydrogen-bond acceptors (Lipinski definition) is 0. The van der Waals surface area contributed by atoms with E-state index < -0.39 is 0 Å². The molecule has 0 heteroatoms. The van der Waals surface area contributed by atoms with E-state index in [0.717, 1.165) is 18.4 Å². The number of unbranched alkanes of at least 4 members (excludes halogenated alkanes) is 2. The SMILES string of the molecule is C=CC(C=C(C(=C)C=CC)C(CCCCC)=C(C)CC)C(C)C(C)CC. The Labute approximate surface area is 164 Å². The minimum atomic E-state index is 0.382. The Hall–Kier alpha value is -1.30. The average Bonchev–Trinajstić information content (AvgIpc) is 2.65. The third-order valence-corrected chi connectivity index (χ3v) is 5.89. The first kappa shape index (κ1) is 24.7. The van der Waals surface area contributed by atoms with Gasteiger partial charge in [0.1, 0.15) is 0 Å². The second-order valence-electron chi connectivity index (χ2n) is 7.73. The van der Waals surface area contributed by atoms with E-state index in [1.165, 1.54) is 42.4 Å². The molecule has 0 saturated carbocycles. The van der Waals surface area contributed by atoms with Crippen LogP contribution in [0.5, 0.6) is 0 Å². The monoisotopic (exact) mass is 356 g/mol. The molecule has 0 amide bonds. The molecule has 0 aromatic rings. The second kappa shape index (κ2) is 13.8. The maximum Gasteiger partial charge on any atom is -0.00187 e. The van der Waals surface area contributed by atoms with Crippen molar-refractivity contribution in [1.29, 1.82) is 0 Å². The van der Waals surface area contributed by atoms with E-state index in [1.807, 2.05) is 0 Å². The van der Waals surface area contributed by atoms with Crippen LogP contribution in [0, 0.1) is 17.8 Å². The predicted molar refractivity (Wildman–Crippen MR) is 121 cm³/mol. The molecule has 0 aliphatic rings. The van der Waals surface area contributed by atoms with Crippen LogP contribution >= 0.6 is 0 Å². The number of rotatable bonds is 13. The van der Waals surface area contributed by atoms with Crippen molar-refractivity contribution < 1.29 is 0 Å². The van der Waals surface area contributed by atoms with Crippen LogP contribution < -0.4 is 0 Å². The third kappa shape index (κ3) is 7.94. The van der Waals surface area contributed by atoms with Crippen LogP contribution in [0.1, 0.15) is 87.0 Å². The molecule has 0 saturated heterocycles. The zero-order valence-electron chi connectivity index (χ0n) is 18.7. The quantitative estimate of drug-likeness (QED) is 0.176. The molecule has 0 aliphatic carbocycles. The standard InChI is InChI=1S/C26H44/c1-10-15-16-18-25(21(7)13-4)26(22(8)17-11-2)19-24(14-5)23(9)20(6)12-3/h11,14,17,19-20,23-24H,5,8,10,12-13,15-16,18H2,1-4,6-7,9H3. The van der Waals surface area contributed by atoms with Crippen molar-refractivity contribution in [1.82, 2.24) is 0 Å². The van der Waals surface area contributed by atoms with Crippen LogP contribution in [-0.4, -0.2) is 0 Å². The van der Waals surface area contributed by atoms with Crippen LogP contribution in [0.3, 0.4) is 0 Å². The van der Waals surface area contributed by atoms with Gasteiger partial charge in [-0.1, -0.05) is 90.3 Å². The summed E-state index contributed by atoms with van der Waals surface area (Å²) in [6.45, 7) is 24.4. The molecule has 0 aromatic carbocycles. The molecule has 3 unspecified atom stereocenters. The van der Waals surface area contributed by atoms with Crippen molar-refractivity contribution >= 4 is 0 Å². The van der Waals surface area contributed by atoms with Gasteiger partial charge in [-0.2, -0.15) is 0 Å². The van der Waals surface area contributed by atoms with Crippen LogP contribution in [-0.2, 0) is 0 Å². The summed E-state index contributed by atoms with van der Waals surface area (Å²) in [5, 5.41) is 0. The lowest BCUT2D eigenvalue weighted by Crippen LogP contribution is -2.16. The minimum absolute atomic E-state index is 0.382. The molecule has 0 bridgehead atoms. The first-order valence-electron chi connectivity index (χ1n) is 10.7. The summed E-state index contributed by atoms with van der Waals surface area (Å²) in [5.41, 5.74) is 5.48. The molecule has 0 aliphatic heterocycles. The Balaban J connectivity index is 6.07. The van der Waals surface area contributed by atoms with Crippen LogP contribution in [0.25, 0.3) is 0 Å². The van der Waals surface area contributed by atoms with Crippen molar-refractivity contribution in [3.8, 4) is 0 Å². The van der Waals surface area contributed by atoms with E-state index in [0.29, 0.717) is 17.8 Å². The van der Waals surface area contributed by atoms with E-state index in [-0.39, 0.29) is 0 Å². The van der Waals surface area contributed by atoms with Gasteiger partial charge in [-0.3, -0.25) is 0 Å². The molecule has 0 heterocycles. The topological polar surface area (TPSA) is 0 Å². The second-order valence-corrected chi connectivity index (χ2v) is 7.73. The molecule has 26 heavy (non-hydrogen) atoms. The van der Waals surface area contributed by atoms with Gasteiger partial charge in [0, 0.05) is 0 Å². The van der Waals surface area contributed by atoms with Gasteiger partial charge in [-0.25, -0.2) is 0 Å². The van der Waals surface area contributed by atoms with Crippen LogP contribution in [0.2, 0.25) is 0 Å². The van der Waals surface area contributed by atoms with Gasteiger partial charge >= 0.3 is 0 Å². The Morgan fingerprint density at radius 3 is 2.19 bits per heavy atom. The molecule has 0 N–H and O–H groups in total. The highest BCUT2D eigenvalue weighted by molar-refractivity contribution is 5.52. The lowest BCUT2D eigenvalue weighted by atomic mass is 9.79. The van der Waals surface area contributed by atoms with Gasteiger partial charge in [0.25, 0.3) is 0 Å². The molecule has 0 nitrogen and oxygen atoms in total. The van der Waals surface area contributed by atoms with Crippen molar-refractivity contribution in [3.05, 3.63) is 59.8 Å². The molecule has 0 aromatic heterocycles. The molecule has 148 valence electrons. The molecule has 0 rings (SSSR count). The normalized spacial score (nSPS) is 17.0. The number of allylic oxidation sites excluding steroid dienone is 8. The first-order valence-corrected chi connectivity index (χ1v) is 10.7. The lowest BCUT2D eigenvalue weighted by Gasteiger charge is -2.26. The summed E-state index contributed by atoms with van der Waals surface area (Å²) >= 11 is 0. The zero-order chi connectivity index (χ0) is 20.1. The van der Waals surface area contributed by atoms with Gasteiger partial charge in [-0.15, -0.1) is 6.58 Å². The summed E-state index contributed by atoms with van der Waals surface area (Å²) in [6.07, 6.45) is 16.1. The molecule has 0 fully saturated rings. The molecule has 0 spiro atoms. The van der Waals surface area contributed by atoms with E-state index in [4.69, 9.17) is 0 Å². The Bertz CT molecular complexity index is 512. The summed E-state index contributed by atoms with van der Waals surface area (Å²) in [6, 6.07) is 0. The molecular weight excluding hydrogens is 312 g/mol. The van der Waals surface area contributed by atoms with Crippen molar-refractivity contribution in [3.63, 3.8) is 0 Å². The summed E-state index contributed by atoms with van der Waals surface area (Å²) in [5.74, 6) is 1.66. The smallest absolute Gasteiger partial charge is 0.00187 e. The van der Waals surface area contributed by atoms with Gasteiger partial charge < -0.3 is 0 Å². The highest BCUT2D eigenvalue weighted by Gasteiger charge is 2.20. The lowest BCUT2D eigenvalue weighted by molar-refractivity contribution is 0.332. The van der Waals surface area contributed by atoms with Crippen molar-refractivity contribution in [2.24, 2.45) is 17.8 Å². The summed E-state index contributed by atoms with van der Waals surface area (Å²) < 4.78 is 0. The Morgan fingerprint density at radius 2 is 1.73 bits per heavy atom. The number of hydrogen-bond donors (Lipinski definition) is 0. The average molecular weight is 357 g/mol. The molecular formula is C26H44. The first-order chi connectivity index (χ1) is 12.4. The van der Waals surface area contributed by atoms with E-state index in [9.17, 15) is 0 Å². The molecule has 0 radical (unpaired) electrons. The predicted octanol–water partition coefficient (Wildman–Crippen LogP) is 8.84. The fraction of sp³-hybridized carbons (Fsp3) is 0.615. The highest BCUT2D eigenvalue weighted by Crippen LogP contribution is 2.33. The highest BCUT2D eigenvalue weighted by atomic mass is 14.2. The van der Waals surface area contributed by atoms with Gasteiger partial charge in [0.2, 0.25) is 0 Å². The maximum absolute atomic E-state index is 4.40. The van der Waals surface area contributed by atoms with Crippen molar-refractivity contribution in [2.75, 3.05) is 0 Å². The third-order valence-electron chi connectivity index (χ3n) is 5.89. The Morgan fingerprint density at radius 1 is 1.08 bits per heavy atom. The van der Waals surface area contributed by atoms with Gasteiger partial charge in [0.05, 0.1) is 0 Å². The summed E-state index contributed by atoms with van der Waals surface area (Å²) in [7, 11) is 0. The fourth-order valence-corrected chi connectivity index (χ4v) is 3.41. The van der Waals surface area contributed by atoms with Crippen molar-refractivity contribution in [2.45, 2.75) is 87.0 Å². The fourth-order valence-electron chi connectivity index (χ4n) is 3.41. The maximum atomic E-state index is 4.40. The minimum Gasteiger partial charge on any atom is -0.102 e. The van der Waals surface area contributed by atoms with E-state index in [1.54, 1.807) is 0 Å².